The molecule has 7 nitrogen and oxygen atoms in total. The Labute approximate surface area is 181 Å². The van der Waals surface area contributed by atoms with Crippen LogP contribution in [0, 0.1) is 11.3 Å². The van der Waals surface area contributed by atoms with E-state index in [4.69, 9.17) is 10.2 Å². The maximum absolute atomic E-state index is 12.6. The largest absolute Gasteiger partial charge is 0.341 e. The Morgan fingerprint density at radius 3 is 2.65 bits per heavy atom. The van der Waals surface area contributed by atoms with E-state index in [9.17, 15) is 4.79 Å². The van der Waals surface area contributed by atoms with Gasteiger partial charge in [0.15, 0.2) is 0 Å². The van der Waals surface area contributed by atoms with Gasteiger partial charge in [-0.25, -0.2) is 9.78 Å². The number of nitriles is 1. The summed E-state index contributed by atoms with van der Waals surface area (Å²) in [6, 6.07) is 17.7. The summed E-state index contributed by atoms with van der Waals surface area (Å²) in [6.45, 7) is 0.953. The number of rotatable bonds is 4. The van der Waals surface area contributed by atoms with Crippen molar-refractivity contribution in [3.05, 3.63) is 59.9 Å². The lowest BCUT2D eigenvalue weighted by Gasteiger charge is -2.46. The zero-order valence-corrected chi connectivity index (χ0v) is 17.3. The molecule has 3 aromatic rings. The van der Waals surface area contributed by atoms with E-state index < -0.39 is 0 Å². The fourth-order valence-electron chi connectivity index (χ4n) is 4.65. The third-order valence-electron chi connectivity index (χ3n) is 6.52. The molecule has 0 radical (unpaired) electrons. The first kappa shape index (κ1) is 19.6. The summed E-state index contributed by atoms with van der Waals surface area (Å²) in [5.41, 5.74) is 3.29. The Bertz CT molecular complexity index is 1080. The minimum Gasteiger partial charge on any atom is -0.341 e. The van der Waals surface area contributed by atoms with Gasteiger partial charge in [0.05, 0.1) is 28.7 Å². The number of urea groups is 1. The minimum atomic E-state index is -0.213. The molecular formula is C24H26N6O. The molecule has 2 amide bonds. The van der Waals surface area contributed by atoms with E-state index in [1.165, 1.54) is 19.3 Å². The van der Waals surface area contributed by atoms with Gasteiger partial charge in [0.2, 0.25) is 0 Å². The summed E-state index contributed by atoms with van der Waals surface area (Å²) >= 11 is 0. The number of para-hydroxylation sites is 2. The minimum absolute atomic E-state index is 0.0768. The highest BCUT2D eigenvalue weighted by Crippen LogP contribution is 2.37. The molecule has 1 aliphatic heterocycles. The third-order valence-corrected chi connectivity index (χ3v) is 6.52. The van der Waals surface area contributed by atoms with Crippen molar-refractivity contribution in [3.63, 3.8) is 0 Å². The number of carbonyl (C=O) groups excluding carboxylic acids is 1. The third kappa shape index (κ3) is 4.12. The van der Waals surface area contributed by atoms with Crippen LogP contribution in [0.3, 0.4) is 0 Å². The predicted octanol–water partition coefficient (Wildman–Crippen LogP) is 4.31. The highest BCUT2D eigenvalue weighted by molar-refractivity contribution is 5.89. The van der Waals surface area contributed by atoms with Gasteiger partial charge >= 0.3 is 6.03 Å². The molecule has 7 heteroatoms. The predicted molar refractivity (Wildman–Crippen MR) is 120 cm³/mol. The second kappa shape index (κ2) is 8.40. The van der Waals surface area contributed by atoms with Gasteiger partial charge in [0.25, 0.3) is 0 Å². The van der Waals surface area contributed by atoms with Crippen molar-refractivity contribution in [2.24, 2.45) is 0 Å². The molecule has 2 fully saturated rings. The number of piperidine rings is 1. The number of benzene rings is 2. The molecular weight excluding hydrogens is 388 g/mol. The van der Waals surface area contributed by atoms with Crippen molar-refractivity contribution >= 4 is 22.8 Å². The molecule has 1 saturated carbocycles. The van der Waals surface area contributed by atoms with Crippen molar-refractivity contribution in [3.8, 4) is 6.07 Å². The molecule has 2 heterocycles. The molecule has 2 aliphatic rings. The quantitative estimate of drug-likeness (QED) is 0.592. The molecule has 158 valence electrons. The van der Waals surface area contributed by atoms with Gasteiger partial charge in [-0.3, -0.25) is 4.90 Å². The van der Waals surface area contributed by atoms with Crippen LogP contribution in [-0.4, -0.2) is 39.5 Å². The van der Waals surface area contributed by atoms with Crippen LogP contribution in [-0.2, 0) is 0 Å². The summed E-state index contributed by atoms with van der Waals surface area (Å²) in [4.78, 5) is 23.5. The number of anilines is 1. The number of carbonyl (C=O) groups is 1. The summed E-state index contributed by atoms with van der Waals surface area (Å²) in [5, 5.41) is 14.9. The van der Waals surface area contributed by atoms with Crippen LogP contribution in [0.15, 0.2) is 48.5 Å². The molecule has 2 atom stereocenters. The van der Waals surface area contributed by atoms with Crippen LogP contribution in [0.5, 0.6) is 0 Å². The Morgan fingerprint density at radius 2 is 1.94 bits per heavy atom. The first-order valence-corrected chi connectivity index (χ1v) is 11.0. The van der Waals surface area contributed by atoms with Gasteiger partial charge in [0, 0.05) is 24.3 Å². The van der Waals surface area contributed by atoms with Crippen LogP contribution in [0.2, 0.25) is 0 Å². The van der Waals surface area contributed by atoms with Crippen LogP contribution < -0.4 is 10.6 Å². The zero-order valence-electron chi connectivity index (χ0n) is 17.3. The van der Waals surface area contributed by atoms with Crippen LogP contribution >= 0.6 is 0 Å². The van der Waals surface area contributed by atoms with E-state index in [0.717, 1.165) is 36.2 Å². The molecule has 5 rings (SSSR count). The van der Waals surface area contributed by atoms with E-state index in [1.807, 2.05) is 18.2 Å². The number of hydrogen-bond donors (Lipinski definition) is 3. The fraction of sp³-hybridized carbons (Fsp3) is 0.375. The first-order valence-electron chi connectivity index (χ1n) is 11.0. The smallest absolute Gasteiger partial charge is 0.319 e. The van der Waals surface area contributed by atoms with Crippen molar-refractivity contribution in [1.29, 1.82) is 5.26 Å². The monoisotopic (exact) mass is 414 g/mol. The average molecular weight is 415 g/mol. The molecule has 1 aromatic heterocycles. The molecule has 3 N–H and O–H groups in total. The molecule has 1 saturated heterocycles. The van der Waals surface area contributed by atoms with Gasteiger partial charge in [-0.2, -0.15) is 5.26 Å². The standard InChI is InChI=1S/C24H26N6O/c25-15-16-8-10-17(11-9-16)26-24(31)27-18-12-13-30(19-4-3-5-19)22(14-18)23-28-20-6-1-2-7-21(20)29-23/h1-2,6-11,18-19,22H,3-5,12-14H2,(H,28,29)(H2,26,27,31)/t18-,22-/m1/s1. The van der Waals surface area contributed by atoms with Gasteiger partial charge in [-0.05, 0) is 62.1 Å². The zero-order chi connectivity index (χ0) is 21.2. The summed E-state index contributed by atoms with van der Waals surface area (Å²) in [5.74, 6) is 0.993. The lowest BCUT2D eigenvalue weighted by Crippen LogP contribution is -2.52. The number of nitrogens with zero attached hydrogens (tertiary/aromatic N) is 3. The second-order valence-electron chi connectivity index (χ2n) is 8.49. The maximum Gasteiger partial charge on any atom is 0.319 e. The van der Waals surface area contributed by atoms with Crippen LogP contribution in [0.1, 0.15) is 49.5 Å². The Morgan fingerprint density at radius 1 is 1.13 bits per heavy atom. The van der Waals surface area contributed by atoms with E-state index in [2.05, 4.69) is 32.7 Å². The number of aromatic nitrogens is 2. The first-order chi connectivity index (χ1) is 15.2. The number of imidazole rings is 1. The van der Waals surface area contributed by atoms with Crippen LogP contribution in [0.4, 0.5) is 10.5 Å². The number of likely N-dealkylation sites (tertiary alicyclic amines) is 1. The normalized spacial score (nSPS) is 21.9. The molecule has 1 aliphatic carbocycles. The Balaban J connectivity index is 1.29. The molecule has 31 heavy (non-hydrogen) atoms. The van der Waals surface area contributed by atoms with E-state index in [0.29, 0.717) is 17.3 Å². The lowest BCUT2D eigenvalue weighted by molar-refractivity contribution is 0.0374. The van der Waals surface area contributed by atoms with Crippen molar-refractivity contribution in [2.45, 2.75) is 50.2 Å². The van der Waals surface area contributed by atoms with Gasteiger partial charge in [-0.15, -0.1) is 0 Å². The average Bonchev–Trinajstić information content (AvgIpc) is 3.18. The Hall–Kier alpha value is -3.37. The van der Waals surface area contributed by atoms with Gasteiger partial charge in [0.1, 0.15) is 5.82 Å². The van der Waals surface area contributed by atoms with Crippen molar-refractivity contribution in [1.82, 2.24) is 20.2 Å². The number of nitrogens with one attached hydrogen (secondary N) is 3. The van der Waals surface area contributed by atoms with Gasteiger partial charge < -0.3 is 15.6 Å². The van der Waals surface area contributed by atoms with Crippen LogP contribution in [0.25, 0.3) is 11.0 Å². The fourth-order valence-corrected chi connectivity index (χ4v) is 4.65. The number of fused-ring (bicyclic) bond motifs is 1. The maximum atomic E-state index is 12.6. The number of amides is 2. The highest BCUT2D eigenvalue weighted by atomic mass is 16.2. The lowest BCUT2D eigenvalue weighted by atomic mass is 9.86. The molecule has 2 aromatic carbocycles. The summed E-state index contributed by atoms with van der Waals surface area (Å²) in [6.07, 6.45) is 5.54. The van der Waals surface area contributed by atoms with E-state index >= 15 is 0 Å². The van der Waals surface area contributed by atoms with Crippen molar-refractivity contribution in [2.75, 3.05) is 11.9 Å². The second-order valence-corrected chi connectivity index (χ2v) is 8.49. The number of H-pyrrole nitrogens is 1. The molecule has 0 unspecified atom stereocenters. The van der Waals surface area contributed by atoms with E-state index in [-0.39, 0.29) is 18.1 Å². The van der Waals surface area contributed by atoms with Gasteiger partial charge in [-0.1, -0.05) is 18.6 Å². The van der Waals surface area contributed by atoms with Crippen molar-refractivity contribution < 1.29 is 4.79 Å². The van der Waals surface area contributed by atoms with E-state index in [1.54, 1.807) is 24.3 Å². The number of hydrogen-bond acceptors (Lipinski definition) is 4. The molecule has 0 spiro atoms. The summed E-state index contributed by atoms with van der Waals surface area (Å²) in [7, 11) is 0. The Kier molecular flexibility index (Phi) is 5.31. The highest BCUT2D eigenvalue weighted by Gasteiger charge is 2.38. The molecule has 0 bridgehead atoms. The topological polar surface area (TPSA) is 96.8 Å². The summed E-state index contributed by atoms with van der Waals surface area (Å²) < 4.78 is 0. The SMILES string of the molecule is N#Cc1ccc(NC(=O)N[C@@H]2CCN(C3CCC3)[C@@H](c3nc4ccccc4[nH]3)C2)cc1. The number of aromatic amines is 1.